The fourth-order valence-electron chi connectivity index (χ4n) is 1.75. The molecule has 19 heavy (non-hydrogen) atoms. The highest BCUT2D eigenvalue weighted by molar-refractivity contribution is 7.09. The van der Waals surface area contributed by atoms with Gasteiger partial charge in [0.1, 0.15) is 0 Å². The van der Waals surface area contributed by atoms with Crippen LogP contribution in [0.2, 0.25) is 5.02 Å². The van der Waals surface area contributed by atoms with Gasteiger partial charge in [-0.2, -0.15) is 0 Å². The zero-order chi connectivity index (χ0) is 13.7. The van der Waals surface area contributed by atoms with Crippen LogP contribution in [0.15, 0.2) is 29.6 Å². The van der Waals surface area contributed by atoms with Crippen molar-refractivity contribution in [2.75, 3.05) is 13.7 Å². The van der Waals surface area contributed by atoms with Crippen molar-refractivity contribution < 1.29 is 9.47 Å². The van der Waals surface area contributed by atoms with E-state index in [4.69, 9.17) is 32.7 Å². The van der Waals surface area contributed by atoms with E-state index in [-0.39, 0.29) is 0 Å². The van der Waals surface area contributed by atoms with Crippen LogP contribution in [0.1, 0.15) is 10.4 Å². The summed E-state index contributed by atoms with van der Waals surface area (Å²) in [5.41, 5.74) is 0.845. The van der Waals surface area contributed by atoms with Crippen molar-refractivity contribution >= 4 is 34.5 Å². The summed E-state index contributed by atoms with van der Waals surface area (Å²) in [6.45, 7) is 0.586. The standard InChI is InChI=1S/C14H14Cl2O2S/c1-17-13-8-11(16)7-10(9-15)14(13)18-5-4-12-3-2-6-19-12/h2-3,6-8H,4-5,9H2,1H3. The molecule has 5 heteroatoms. The van der Waals surface area contributed by atoms with Gasteiger partial charge in [-0.25, -0.2) is 0 Å². The van der Waals surface area contributed by atoms with Crippen molar-refractivity contribution in [2.24, 2.45) is 0 Å². The Morgan fingerprint density at radius 3 is 2.79 bits per heavy atom. The lowest BCUT2D eigenvalue weighted by molar-refractivity contribution is 0.296. The molecule has 0 unspecified atom stereocenters. The summed E-state index contributed by atoms with van der Waals surface area (Å²) < 4.78 is 11.1. The van der Waals surface area contributed by atoms with Crippen LogP contribution >= 0.6 is 34.5 Å². The zero-order valence-electron chi connectivity index (χ0n) is 10.5. The van der Waals surface area contributed by atoms with Gasteiger partial charge in [-0.15, -0.1) is 22.9 Å². The third-order valence-corrected chi connectivity index (χ3v) is 4.08. The molecular formula is C14H14Cl2O2S. The van der Waals surface area contributed by atoms with E-state index in [0.717, 1.165) is 12.0 Å². The molecule has 0 amide bonds. The van der Waals surface area contributed by atoms with E-state index in [1.54, 1.807) is 30.6 Å². The average molecular weight is 317 g/mol. The Bertz CT molecular complexity index is 501. The van der Waals surface area contributed by atoms with Gasteiger partial charge in [0.2, 0.25) is 0 Å². The van der Waals surface area contributed by atoms with E-state index in [0.29, 0.717) is 29.0 Å². The minimum atomic E-state index is 0.339. The van der Waals surface area contributed by atoms with E-state index in [9.17, 15) is 0 Å². The van der Waals surface area contributed by atoms with Crippen molar-refractivity contribution in [1.82, 2.24) is 0 Å². The highest BCUT2D eigenvalue weighted by Gasteiger charge is 2.12. The highest BCUT2D eigenvalue weighted by Crippen LogP contribution is 2.35. The molecule has 0 fully saturated rings. The molecular weight excluding hydrogens is 303 g/mol. The van der Waals surface area contributed by atoms with Crippen LogP contribution in [-0.4, -0.2) is 13.7 Å². The first-order chi connectivity index (χ1) is 9.24. The van der Waals surface area contributed by atoms with Crippen molar-refractivity contribution in [1.29, 1.82) is 0 Å². The first-order valence-electron chi connectivity index (χ1n) is 5.82. The van der Waals surface area contributed by atoms with E-state index in [2.05, 4.69) is 11.4 Å². The van der Waals surface area contributed by atoms with Gasteiger partial charge < -0.3 is 9.47 Å². The Labute approximate surface area is 126 Å². The van der Waals surface area contributed by atoms with Crippen molar-refractivity contribution in [2.45, 2.75) is 12.3 Å². The monoisotopic (exact) mass is 316 g/mol. The lowest BCUT2D eigenvalue weighted by Gasteiger charge is -2.14. The first-order valence-corrected chi connectivity index (χ1v) is 7.61. The number of alkyl halides is 1. The summed E-state index contributed by atoms with van der Waals surface area (Å²) in [5, 5.41) is 2.65. The van der Waals surface area contributed by atoms with Crippen LogP contribution in [0, 0.1) is 0 Å². The van der Waals surface area contributed by atoms with Gasteiger partial charge in [0.25, 0.3) is 0 Å². The fourth-order valence-corrected chi connectivity index (χ4v) is 2.87. The van der Waals surface area contributed by atoms with Crippen molar-refractivity contribution in [3.05, 3.63) is 45.1 Å². The van der Waals surface area contributed by atoms with Gasteiger partial charge in [-0.1, -0.05) is 17.7 Å². The third kappa shape index (κ3) is 3.78. The molecule has 0 radical (unpaired) electrons. The molecule has 0 aliphatic carbocycles. The number of hydrogen-bond donors (Lipinski definition) is 0. The molecule has 102 valence electrons. The Balaban J connectivity index is 2.09. The topological polar surface area (TPSA) is 18.5 Å². The molecule has 2 rings (SSSR count). The summed E-state index contributed by atoms with van der Waals surface area (Å²) >= 11 is 13.6. The van der Waals surface area contributed by atoms with Crippen molar-refractivity contribution in [3.8, 4) is 11.5 Å². The molecule has 0 aliphatic rings. The molecule has 0 N–H and O–H groups in total. The molecule has 0 aliphatic heterocycles. The number of hydrogen-bond acceptors (Lipinski definition) is 3. The summed E-state index contributed by atoms with van der Waals surface area (Å²) in [6, 6.07) is 7.66. The maximum Gasteiger partial charge on any atom is 0.165 e. The van der Waals surface area contributed by atoms with Gasteiger partial charge in [-0.05, 0) is 17.5 Å². The smallest absolute Gasteiger partial charge is 0.165 e. The third-order valence-electron chi connectivity index (χ3n) is 2.64. The lowest BCUT2D eigenvalue weighted by Crippen LogP contribution is -2.04. The minimum absolute atomic E-state index is 0.339. The summed E-state index contributed by atoms with van der Waals surface area (Å²) in [5.74, 6) is 1.64. The SMILES string of the molecule is COc1cc(Cl)cc(CCl)c1OCCc1cccs1. The quantitative estimate of drug-likeness (QED) is 0.715. The number of methoxy groups -OCH3 is 1. The molecule has 1 heterocycles. The average Bonchev–Trinajstić information content (AvgIpc) is 2.92. The Morgan fingerprint density at radius 1 is 1.32 bits per heavy atom. The Morgan fingerprint density at radius 2 is 2.16 bits per heavy atom. The number of rotatable bonds is 6. The minimum Gasteiger partial charge on any atom is -0.493 e. The fraction of sp³-hybridized carbons (Fsp3) is 0.286. The maximum atomic E-state index is 6.00. The largest absolute Gasteiger partial charge is 0.493 e. The zero-order valence-corrected chi connectivity index (χ0v) is 12.8. The Hall–Kier alpha value is -0.900. The molecule has 0 saturated heterocycles. The normalized spacial score (nSPS) is 10.5. The second-order valence-electron chi connectivity index (χ2n) is 3.91. The van der Waals surface area contributed by atoms with Crippen LogP contribution in [-0.2, 0) is 12.3 Å². The van der Waals surface area contributed by atoms with Gasteiger partial charge in [-0.3, -0.25) is 0 Å². The predicted octanol–water partition coefficient (Wildman–Crippen LogP) is 4.77. The van der Waals surface area contributed by atoms with E-state index in [1.165, 1.54) is 4.88 Å². The van der Waals surface area contributed by atoms with Crippen LogP contribution in [0.4, 0.5) is 0 Å². The number of thiophene rings is 1. The molecule has 0 atom stereocenters. The van der Waals surface area contributed by atoms with E-state index >= 15 is 0 Å². The first kappa shape index (κ1) is 14.5. The predicted molar refractivity (Wildman–Crippen MR) is 81.1 cm³/mol. The molecule has 2 nitrogen and oxygen atoms in total. The lowest BCUT2D eigenvalue weighted by atomic mass is 10.2. The second-order valence-corrected chi connectivity index (χ2v) is 5.64. The maximum absolute atomic E-state index is 6.00. The van der Waals surface area contributed by atoms with Crippen molar-refractivity contribution in [3.63, 3.8) is 0 Å². The molecule has 0 bridgehead atoms. The number of benzene rings is 1. The Kier molecular flexibility index (Phi) is 5.37. The summed E-state index contributed by atoms with van der Waals surface area (Å²) in [7, 11) is 1.59. The molecule has 2 aromatic rings. The van der Waals surface area contributed by atoms with Gasteiger partial charge in [0.05, 0.1) is 19.6 Å². The number of halogens is 2. The number of ether oxygens (including phenoxy) is 2. The summed E-state index contributed by atoms with van der Waals surface area (Å²) in [6.07, 6.45) is 0.866. The van der Waals surface area contributed by atoms with Gasteiger partial charge >= 0.3 is 0 Å². The second kappa shape index (κ2) is 7.04. The highest BCUT2D eigenvalue weighted by atomic mass is 35.5. The molecule has 1 aromatic carbocycles. The van der Waals surface area contributed by atoms with Gasteiger partial charge in [0.15, 0.2) is 11.5 Å². The summed E-state index contributed by atoms with van der Waals surface area (Å²) in [4.78, 5) is 1.29. The van der Waals surface area contributed by atoms with E-state index in [1.807, 2.05) is 6.07 Å². The molecule has 1 aromatic heterocycles. The molecule has 0 spiro atoms. The van der Waals surface area contributed by atoms with Crippen LogP contribution in [0.25, 0.3) is 0 Å². The van der Waals surface area contributed by atoms with Gasteiger partial charge in [0, 0.05) is 28.0 Å². The van der Waals surface area contributed by atoms with E-state index < -0.39 is 0 Å². The van der Waals surface area contributed by atoms with Crippen LogP contribution < -0.4 is 9.47 Å². The molecule has 0 saturated carbocycles. The van der Waals surface area contributed by atoms with Crippen LogP contribution in [0.5, 0.6) is 11.5 Å². The van der Waals surface area contributed by atoms with Crippen LogP contribution in [0.3, 0.4) is 0 Å².